The Hall–Kier alpha value is -1.02. The van der Waals surface area contributed by atoms with E-state index in [0.717, 1.165) is 30.9 Å². The van der Waals surface area contributed by atoms with Crippen LogP contribution in [0.1, 0.15) is 38.5 Å². The molecule has 1 aromatic carbocycles. The maximum Gasteiger partial charge on any atom is 0.0691 e. The SMILES string of the molecule is c1ccc(NCCOC23CC4CC(CC(C4)C2)C3)cc1. The van der Waals surface area contributed by atoms with Gasteiger partial charge in [-0.2, -0.15) is 0 Å². The first-order valence-corrected chi connectivity index (χ1v) is 8.24. The second-order valence-corrected chi connectivity index (χ2v) is 7.24. The van der Waals surface area contributed by atoms with E-state index in [-0.39, 0.29) is 5.60 Å². The Bertz CT molecular complexity index is 420. The van der Waals surface area contributed by atoms with Gasteiger partial charge in [0.05, 0.1) is 12.2 Å². The van der Waals surface area contributed by atoms with Gasteiger partial charge >= 0.3 is 0 Å². The third-order valence-corrected chi connectivity index (χ3v) is 5.60. The summed E-state index contributed by atoms with van der Waals surface area (Å²) in [4.78, 5) is 0. The van der Waals surface area contributed by atoms with Crippen LogP contribution in [0.15, 0.2) is 30.3 Å². The zero-order valence-electron chi connectivity index (χ0n) is 12.2. The van der Waals surface area contributed by atoms with E-state index in [1.807, 2.05) is 0 Å². The van der Waals surface area contributed by atoms with Gasteiger partial charge in [-0.05, 0) is 68.4 Å². The monoisotopic (exact) mass is 271 g/mol. The zero-order chi connectivity index (χ0) is 13.4. The van der Waals surface area contributed by atoms with Crippen LogP contribution in [0.5, 0.6) is 0 Å². The Morgan fingerprint density at radius 3 is 2.15 bits per heavy atom. The second-order valence-electron chi connectivity index (χ2n) is 7.24. The van der Waals surface area contributed by atoms with Gasteiger partial charge in [-0.3, -0.25) is 0 Å². The first-order chi connectivity index (χ1) is 9.81. The highest BCUT2D eigenvalue weighted by molar-refractivity contribution is 5.42. The minimum Gasteiger partial charge on any atom is -0.383 e. The maximum atomic E-state index is 6.40. The number of anilines is 1. The molecule has 0 amide bonds. The molecule has 4 aliphatic carbocycles. The smallest absolute Gasteiger partial charge is 0.0691 e. The minimum absolute atomic E-state index is 0.257. The molecule has 2 heteroatoms. The van der Waals surface area contributed by atoms with Crippen LogP contribution in [0.3, 0.4) is 0 Å². The maximum absolute atomic E-state index is 6.40. The highest BCUT2D eigenvalue weighted by atomic mass is 16.5. The van der Waals surface area contributed by atoms with Crippen LogP contribution in [-0.2, 0) is 4.74 Å². The number of nitrogens with one attached hydrogen (secondary N) is 1. The van der Waals surface area contributed by atoms with E-state index < -0.39 is 0 Å². The molecule has 4 saturated carbocycles. The summed E-state index contributed by atoms with van der Waals surface area (Å²) in [5.74, 6) is 2.93. The standard InChI is InChI=1S/C18H25NO/c1-2-4-17(5-3-1)19-6-7-20-18-11-14-8-15(12-18)10-16(9-14)13-18/h1-5,14-16,19H,6-13H2. The topological polar surface area (TPSA) is 21.3 Å². The summed E-state index contributed by atoms with van der Waals surface area (Å²) in [5, 5.41) is 3.45. The van der Waals surface area contributed by atoms with Gasteiger partial charge in [0.15, 0.2) is 0 Å². The lowest BCUT2D eigenvalue weighted by atomic mass is 9.54. The van der Waals surface area contributed by atoms with Gasteiger partial charge in [-0.25, -0.2) is 0 Å². The summed E-state index contributed by atoms with van der Waals surface area (Å²) in [6.07, 6.45) is 8.49. The Balaban J connectivity index is 1.29. The van der Waals surface area contributed by atoms with Crippen LogP contribution in [0, 0.1) is 17.8 Å². The number of para-hydroxylation sites is 1. The molecule has 5 rings (SSSR count). The fourth-order valence-electron chi connectivity index (χ4n) is 5.23. The molecule has 0 unspecified atom stereocenters. The first kappa shape index (κ1) is 12.7. The summed E-state index contributed by atoms with van der Waals surface area (Å²) in [6, 6.07) is 10.4. The Morgan fingerprint density at radius 1 is 0.950 bits per heavy atom. The molecule has 1 N–H and O–H groups in total. The van der Waals surface area contributed by atoms with Crippen molar-refractivity contribution in [2.75, 3.05) is 18.5 Å². The van der Waals surface area contributed by atoms with Gasteiger partial charge in [0, 0.05) is 12.2 Å². The molecule has 0 spiro atoms. The molecule has 0 aromatic heterocycles. The lowest BCUT2D eigenvalue weighted by Gasteiger charge is -2.56. The molecule has 0 aliphatic heterocycles. The minimum atomic E-state index is 0.257. The first-order valence-electron chi connectivity index (χ1n) is 8.24. The normalized spacial score (nSPS) is 38.1. The molecule has 0 radical (unpaired) electrons. The fraction of sp³-hybridized carbons (Fsp3) is 0.667. The summed E-state index contributed by atoms with van der Waals surface area (Å²) >= 11 is 0. The molecule has 0 atom stereocenters. The molecule has 2 nitrogen and oxygen atoms in total. The summed E-state index contributed by atoms with van der Waals surface area (Å²) < 4.78 is 6.40. The van der Waals surface area contributed by atoms with E-state index in [1.165, 1.54) is 44.2 Å². The molecule has 108 valence electrons. The number of ether oxygens (including phenoxy) is 1. The largest absolute Gasteiger partial charge is 0.383 e. The lowest BCUT2D eigenvalue weighted by Crippen LogP contribution is -2.52. The van der Waals surface area contributed by atoms with Crippen molar-refractivity contribution in [3.63, 3.8) is 0 Å². The number of rotatable bonds is 5. The molecular formula is C18H25NO. The van der Waals surface area contributed by atoms with Gasteiger partial charge in [0.2, 0.25) is 0 Å². The van der Waals surface area contributed by atoms with E-state index in [2.05, 4.69) is 35.6 Å². The van der Waals surface area contributed by atoms with Gasteiger partial charge in [0.25, 0.3) is 0 Å². The van der Waals surface area contributed by atoms with Crippen LogP contribution >= 0.6 is 0 Å². The zero-order valence-corrected chi connectivity index (χ0v) is 12.2. The molecule has 4 bridgehead atoms. The van der Waals surface area contributed by atoms with Crippen molar-refractivity contribution in [3.05, 3.63) is 30.3 Å². The van der Waals surface area contributed by atoms with Crippen LogP contribution in [0.25, 0.3) is 0 Å². The van der Waals surface area contributed by atoms with Crippen molar-refractivity contribution in [3.8, 4) is 0 Å². The molecule has 0 saturated heterocycles. The predicted molar refractivity (Wildman–Crippen MR) is 81.8 cm³/mol. The predicted octanol–water partition coefficient (Wildman–Crippen LogP) is 4.08. The molecule has 0 heterocycles. The number of hydrogen-bond donors (Lipinski definition) is 1. The Morgan fingerprint density at radius 2 is 1.55 bits per heavy atom. The van der Waals surface area contributed by atoms with Gasteiger partial charge in [0.1, 0.15) is 0 Å². The van der Waals surface area contributed by atoms with E-state index in [1.54, 1.807) is 0 Å². The molecular weight excluding hydrogens is 246 g/mol. The van der Waals surface area contributed by atoms with E-state index >= 15 is 0 Å². The third kappa shape index (κ3) is 2.46. The molecule has 20 heavy (non-hydrogen) atoms. The third-order valence-electron chi connectivity index (χ3n) is 5.60. The second kappa shape index (κ2) is 5.07. The van der Waals surface area contributed by atoms with E-state index in [4.69, 9.17) is 4.74 Å². The molecule has 4 aliphatic rings. The van der Waals surface area contributed by atoms with Gasteiger partial charge < -0.3 is 10.1 Å². The van der Waals surface area contributed by atoms with Crippen molar-refractivity contribution in [2.24, 2.45) is 17.8 Å². The fourth-order valence-corrected chi connectivity index (χ4v) is 5.23. The van der Waals surface area contributed by atoms with Crippen molar-refractivity contribution in [2.45, 2.75) is 44.1 Å². The van der Waals surface area contributed by atoms with Crippen molar-refractivity contribution >= 4 is 5.69 Å². The molecule has 1 aromatic rings. The van der Waals surface area contributed by atoms with Crippen LogP contribution in [0.4, 0.5) is 5.69 Å². The van der Waals surface area contributed by atoms with Crippen molar-refractivity contribution < 1.29 is 4.74 Å². The Labute approximate surface area is 121 Å². The quantitative estimate of drug-likeness (QED) is 0.815. The van der Waals surface area contributed by atoms with Gasteiger partial charge in [-0.1, -0.05) is 18.2 Å². The summed E-state index contributed by atoms with van der Waals surface area (Å²) in [6.45, 7) is 1.77. The van der Waals surface area contributed by atoms with Crippen molar-refractivity contribution in [1.29, 1.82) is 0 Å². The summed E-state index contributed by atoms with van der Waals surface area (Å²) in [5.41, 5.74) is 1.45. The molecule has 4 fully saturated rings. The van der Waals surface area contributed by atoms with E-state index in [9.17, 15) is 0 Å². The lowest BCUT2D eigenvalue weighted by molar-refractivity contribution is -0.159. The van der Waals surface area contributed by atoms with Crippen LogP contribution in [-0.4, -0.2) is 18.8 Å². The average molecular weight is 271 g/mol. The number of benzene rings is 1. The van der Waals surface area contributed by atoms with Crippen LogP contribution < -0.4 is 5.32 Å². The van der Waals surface area contributed by atoms with E-state index in [0.29, 0.717) is 0 Å². The average Bonchev–Trinajstić information content (AvgIpc) is 2.43. The highest BCUT2D eigenvalue weighted by Crippen LogP contribution is 2.57. The Kier molecular flexibility index (Phi) is 3.22. The van der Waals surface area contributed by atoms with Crippen molar-refractivity contribution in [1.82, 2.24) is 0 Å². The highest BCUT2D eigenvalue weighted by Gasteiger charge is 2.51. The number of hydrogen-bond acceptors (Lipinski definition) is 2. The van der Waals surface area contributed by atoms with Gasteiger partial charge in [-0.15, -0.1) is 0 Å². The summed E-state index contributed by atoms with van der Waals surface area (Å²) in [7, 11) is 0. The van der Waals surface area contributed by atoms with Crippen LogP contribution in [0.2, 0.25) is 0 Å².